The Bertz CT molecular complexity index is 591. The van der Waals surface area contributed by atoms with Crippen LogP contribution in [0.5, 0.6) is 5.75 Å². The van der Waals surface area contributed by atoms with Crippen LogP contribution >= 0.6 is 11.6 Å². The van der Waals surface area contributed by atoms with E-state index in [0.717, 1.165) is 25.9 Å². The number of hydrogen-bond donors (Lipinski definition) is 1. The molecule has 0 bridgehead atoms. The van der Waals surface area contributed by atoms with Crippen molar-refractivity contribution in [2.24, 2.45) is 0 Å². The van der Waals surface area contributed by atoms with Gasteiger partial charge in [0.2, 0.25) is 0 Å². The maximum absolute atomic E-state index is 10.2. The molecule has 0 aliphatic carbocycles. The highest BCUT2D eigenvalue weighted by Gasteiger charge is 2.26. The molecule has 0 saturated carbocycles. The zero-order chi connectivity index (χ0) is 16.1. The van der Waals surface area contributed by atoms with Crippen LogP contribution < -0.4 is 4.74 Å². The standard InChI is InChI=1S/C16H21ClN4O2/c17-13-3-5-16(6-4-13)23-10-15(22)9-20-7-1-2-14(20)8-21-12-18-11-19-21/h3-6,11-12,14-15,22H,1-2,7-10H2/t14-,15-/m0/s1. The molecule has 1 aliphatic heterocycles. The number of likely N-dealkylation sites (tertiary alicyclic amines) is 1. The lowest BCUT2D eigenvalue weighted by Gasteiger charge is -2.26. The van der Waals surface area contributed by atoms with Gasteiger partial charge in [-0.1, -0.05) is 11.6 Å². The number of hydrogen-bond acceptors (Lipinski definition) is 5. The second-order valence-corrected chi connectivity index (χ2v) is 6.26. The number of nitrogens with zero attached hydrogens (tertiary/aromatic N) is 4. The monoisotopic (exact) mass is 336 g/mol. The van der Waals surface area contributed by atoms with E-state index in [2.05, 4.69) is 15.0 Å². The van der Waals surface area contributed by atoms with Gasteiger partial charge < -0.3 is 9.84 Å². The van der Waals surface area contributed by atoms with Gasteiger partial charge in [-0.3, -0.25) is 9.58 Å². The summed E-state index contributed by atoms with van der Waals surface area (Å²) in [6.45, 7) is 2.68. The lowest BCUT2D eigenvalue weighted by atomic mass is 10.2. The summed E-state index contributed by atoms with van der Waals surface area (Å²) in [5.74, 6) is 0.717. The SMILES string of the molecule is O[C@H](COc1ccc(Cl)cc1)CN1CCC[C@H]1Cn1cncn1. The molecule has 0 unspecified atom stereocenters. The van der Waals surface area contributed by atoms with Crippen molar-refractivity contribution < 1.29 is 9.84 Å². The van der Waals surface area contributed by atoms with Gasteiger partial charge in [-0.05, 0) is 43.7 Å². The van der Waals surface area contributed by atoms with Crippen molar-refractivity contribution in [3.8, 4) is 5.75 Å². The minimum absolute atomic E-state index is 0.272. The molecule has 1 aliphatic rings. The highest BCUT2D eigenvalue weighted by molar-refractivity contribution is 6.30. The molecule has 3 rings (SSSR count). The van der Waals surface area contributed by atoms with Gasteiger partial charge in [0.25, 0.3) is 0 Å². The lowest BCUT2D eigenvalue weighted by Crippen LogP contribution is -2.40. The van der Waals surface area contributed by atoms with Crippen LogP contribution in [0.15, 0.2) is 36.9 Å². The van der Waals surface area contributed by atoms with E-state index < -0.39 is 6.10 Å². The third kappa shape index (κ3) is 4.67. The van der Waals surface area contributed by atoms with Crippen molar-refractivity contribution in [2.75, 3.05) is 19.7 Å². The van der Waals surface area contributed by atoms with Crippen LogP contribution in [0.25, 0.3) is 0 Å². The summed E-state index contributed by atoms with van der Waals surface area (Å²) in [4.78, 5) is 6.28. The van der Waals surface area contributed by atoms with Gasteiger partial charge in [-0.15, -0.1) is 0 Å². The summed E-state index contributed by atoms with van der Waals surface area (Å²) in [6.07, 6.45) is 5.02. The maximum Gasteiger partial charge on any atom is 0.137 e. The zero-order valence-corrected chi connectivity index (χ0v) is 13.6. The summed E-state index contributed by atoms with van der Waals surface area (Å²) >= 11 is 5.84. The first-order chi connectivity index (χ1) is 11.2. The molecule has 1 fully saturated rings. The lowest BCUT2D eigenvalue weighted by molar-refractivity contribution is 0.0609. The van der Waals surface area contributed by atoms with Crippen LogP contribution in [0.4, 0.5) is 0 Å². The van der Waals surface area contributed by atoms with Crippen molar-refractivity contribution in [1.82, 2.24) is 19.7 Å². The van der Waals surface area contributed by atoms with Crippen LogP contribution in [-0.4, -0.2) is 56.6 Å². The molecular weight excluding hydrogens is 316 g/mol. The van der Waals surface area contributed by atoms with Gasteiger partial charge in [0.1, 0.15) is 31.1 Å². The molecule has 1 aromatic carbocycles. The van der Waals surface area contributed by atoms with Gasteiger partial charge in [-0.2, -0.15) is 5.10 Å². The number of halogens is 1. The topological polar surface area (TPSA) is 63.4 Å². The molecule has 124 valence electrons. The smallest absolute Gasteiger partial charge is 0.137 e. The van der Waals surface area contributed by atoms with E-state index in [9.17, 15) is 5.11 Å². The fraction of sp³-hybridized carbons (Fsp3) is 0.500. The van der Waals surface area contributed by atoms with E-state index in [-0.39, 0.29) is 6.61 Å². The van der Waals surface area contributed by atoms with E-state index in [1.54, 1.807) is 36.9 Å². The van der Waals surface area contributed by atoms with Gasteiger partial charge in [0.15, 0.2) is 0 Å². The summed E-state index contributed by atoms with van der Waals surface area (Å²) in [5.41, 5.74) is 0. The molecular formula is C16H21ClN4O2. The quantitative estimate of drug-likeness (QED) is 0.835. The Balaban J connectivity index is 1.46. The molecule has 1 N–H and O–H groups in total. The second-order valence-electron chi connectivity index (χ2n) is 5.83. The number of aliphatic hydroxyl groups excluding tert-OH is 1. The largest absolute Gasteiger partial charge is 0.491 e. The molecule has 1 aromatic heterocycles. The molecule has 0 spiro atoms. The van der Waals surface area contributed by atoms with Crippen LogP contribution in [0.2, 0.25) is 5.02 Å². The van der Waals surface area contributed by atoms with Gasteiger partial charge in [0.05, 0.1) is 6.54 Å². The number of aliphatic hydroxyl groups is 1. The molecule has 0 amide bonds. The van der Waals surface area contributed by atoms with E-state index in [1.807, 2.05) is 4.68 Å². The van der Waals surface area contributed by atoms with Gasteiger partial charge >= 0.3 is 0 Å². The first-order valence-corrected chi connectivity index (χ1v) is 8.21. The Labute approximate surface area is 140 Å². The van der Waals surface area contributed by atoms with E-state index in [1.165, 1.54) is 0 Å². The fourth-order valence-electron chi connectivity index (χ4n) is 2.93. The van der Waals surface area contributed by atoms with Crippen molar-refractivity contribution in [3.63, 3.8) is 0 Å². The second kappa shape index (κ2) is 7.77. The maximum atomic E-state index is 10.2. The Morgan fingerprint density at radius 2 is 2.17 bits per heavy atom. The summed E-state index contributed by atoms with van der Waals surface area (Å²) in [6, 6.07) is 7.55. The van der Waals surface area contributed by atoms with E-state index in [0.29, 0.717) is 23.4 Å². The Kier molecular flexibility index (Phi) is 5.48. The molecule has 6 nitrogen and oxygen atoms in total. The molecule has 0 radical (unpaired) electrons. The average Bonchev–Trinajstić information content (AvgIpc) is 3.20. The summed E-state index contributed by atoms with van der Waals surface area (Å²) in [5, 5.41) is 15.1. The third-order valence-electron chi connectivity index (χ3n) is 4.06. The highest BCUT2D eigenvalue weighted by Crippen LogP contribution is 2.19. The van der Waals surface area contributed by atoms with Crippen LogP contribution in [-0.2, 0) is 6.54 Å². The van der Waals surface area contributed by atoms with Crippen molar-refractivity contribution >= 4 is 11.6 Å². The van der Waals surface area contributed by atoms with Crippen LogP contribution in [0, 0.1) is 0 Å². The van der Waals surface area contributed by atoms with Crippen molar-refractivity contribution in [1.29, 1.82) is 0 Å². The first-order valence-electron chi connectivity index (χ1n) is 7.83. The molecule has 1 saturated heterocycles. The fourth-order valence-corrected chi connectivity index (χ4v) is 3.06. The normalized spacial score (nSPS) is 19.8. The number of ether oxygens (including phenoxy) is 1. The van der Waals surface area contributed by atoms with Crippen LogP contribution in [0.1, 0.15) is 12.8 Å². The Morgan fingerprint density at radius 3 is 2.91 bits per heavy atom. The number of β-amino-alcohol motifs (C(OH)–C–C–N with tert-alkyl or cyclic N) is 1. The van der Waals surface area contributed by atoms with Crippen LogP contribution in [0.3, 0.4) is 0 Å². The molecule has 23 heavy (non-hydrogen) atoms. The number of rotatable bonds is 7. The summed E-state index contributed by atoms with van der Waals surface area (Å²) < 4.78 is 7.46. The molecule has 7 heteroatoms. The highest BCUT2D eigenvalue weighted by atomic mass is 35.5. The Morgan fingerprint density at radius 1 is 1.35 bits per heavy atom. The van der Waals surface area contributed by atoms with Gasteiger partial charge in [-0.25, -0.2) is 4.98 Å². The van der Waals surface area contributed by atoms with Gasteiger partial charge in [0, 0.05) is 17.6 Å². The van der Waals surface area contributed by atoms with Crippen molar-refractivity contribution in [3.05, 3.63) is 41.9 Å². The van der Waals surface area contributed by atoms with Crippen molar-refractivity contribution in [2.45, 2.75) is 31.5 Å². The third-order valence-corrected chi connectivity index (χ3v) is 4.32. The average molecular weight is 337 g/mol. The van der Waals surface area contributed by atoms with E-state index >= 15 is 0 Å². The molecule has 2 heterocycles. The first kappa shape index (κ1) is 16.2. The predicted molar refractivity (Wildman–Crippen MR) is 87.6 cm³/mol. The number of aromatic nitrogens is 3. The van der Waals surface area contributed by atoms with E-state index in [4.69, 9.17) is 16.3 Å². The minimum Gasteiger partial charge on any atom is -0.491 e. The summed E-state index contributed by atoms with van der Waals surface area (Å²) in [7, 11) is 0. The molecule has 2 atom stereocenters. The molecule has 2 aromatic rings. The number of benzene rings is 1. The Hall–Kier alpha value is -1.63. The predicted octanol–water partition coefficient (Wildman–Crippen LogP) is 1.84. The zero-order valence-electron chi connectivity index (χ0n) is 12.9. The minimum atomic E-state index is -0.526.